The van der Waals surface area contributed by atoms with Crippen molar-refractivity contribution >= 4 is 38.7 Å². The summed E-state index contributed by atoms with van der Waals surface area (Å²) < 4.78 is 25.6. The maximum Gasteiger partial charge on any atom is 0.250 e. The molecule has 1 N–H and O–H groups in total. The number of para-hydroxylation sites is 1. The van der Waals surface area contributed by atoms with Gasteiger partial charge in [0.05, 0.1) is 18.4 Å². The number of methoxy groups -OCH3 is 1. The van der Waals surface area contributed by atoms with Gasteiger partial charge in [-0.3, -0.25) is 10.1 Å². The molecule has 1 aromatic heterocycles. The third-order valence-corrected chi connectivity index (χ3v) is 5.41. The van der Waals surface area contributed by atoms with E-state index in [9.17, 15) is 9.18 Å². The van der Waals surface area contributed by atoms with Crippen LogP contribution in [0.5, 0.6) is 11.5 Å². The standard InChI is InChI=1S/C23H25FN2O3S/c1-3-4-5-6-14-29-18-12-10-16(15-19(18)28-2)11-13-21(27)25-23-26-22-17(24)8-7-9-20(22)30-23/h7-13,15H,3-6,14H2,1-2H3,(H,25,26,27)/b13-11+. The van der Waals surface area contributed by atoms with Gasteiger partial charge >= 0.3 is 0 Å². The largest absolute Gasteiger partial charge is 0.493 e. The normalized spacial score (nSPS) is 11.2. The minimum absolute atomic E-state index is 0.261. The Morgan fingerprint density at radius 1 is 1.20 bits per heavy atom. The molecule has 0 radical (unpaired) electrons. The highest BCUT2D eigenvalue weighted by Gasteiger charge is 2.09. The summed E-state index contributed by atoms with van der Waals surface area (Å²) in [6.45, 7) is 2.83. The highest BCUT2D eigenvalue weighted by Crippen LogP contribution is 2.29. The van der Waals surface area contributed by atoms with E-state index in [1.165, 1.54) is 36.3 Å². The summed E-state index contributed by atoms with van der Waals surface area (Å²) in [5.41, 5.74) is 1.06. The van der Waals surface area contributed by atoms with Crippen molar-refractivity contribution < 1.29 is 18.7 Å². The average Bonchev–Trinajstić information content (AvgIpc) is 3.16. The van der Waals surface area contributed by atoms with Gasteiger partial charge in [-0.2, -0.15) is 0 Å². The van der Waals surface area contributed by atoms with Crippen molar-refractivity contribution in [3.8, 4) is 11.5 Å². The van der Waals surface area contributed by atoms with Gasteiger partial charge < -0.3 is 9.47 Å². The number of rotatable bonds is 10. The lowest BCUT2D eigenvalue weighted by atomic mass is 10.2. The smallest absolute Gasteiger partial charge is 0.250 e. The van der Waals surface area contributed by atoms with Crippen LogP contribution in [0.1, 0.15) is 38.2 Å². The van der Waals surface area contributed by atoms with E-state index < -0.39 is 5.82 Å². The van der Waals surface area contributed by atoms with Crippen LogP contribution in [-0.2, 0) is 4.79 Å². The molecule has 0 saturated carbocycles. The van der Waals surface area contributed by atoms with Gasteiger partial charge in [-0.25, -0.2) is 9.37 Å². The molecule has 0 aliphatic heterocycles. The van der Waals surface area contributed by atoms with Crippen molar-refractivity contribution in [2.24, 2.45) is 0 Å². The number of thiazole rings is 1. The minimum Gasteiger partial charge on any atom is -0.493 e. The zero-order valence-electron chi connectivity index (χ0n) is 17.1. The fourth-order valence-corrected chi connectivity index (χ4v) is 3.79. The van der Waals surface area contributed by atoms with Crippen molar-refractivity contribution in [1.29, 1.82) is 0 Å². The second kappa shape index (κ2) is 10.7. The van der Waals surface area contributed by atoms with E-state index in [0.29, 0.717) is 27.9 Å². The van der Waals surface area contributed by atoms with Gasteiger partial charge in [0, 0.05) is 6.08 Å². The lowest BCUT2D eigenvalue weighted by Gasteiger charge is -2.11. The maximum atomic E-state index is 13.7. The number of nitrogens with one attached hydrogen (secondary N) is 1. The van der Waals surface area contributed by atoms with Gasteiger partial charge in [-0.1, -0.05) is 49.7 Å². The second-order valence-corrected chi connectivity index (χ2v) is 7.78. The van der Waals surface area contributed by atoms with E-state index in [1.54, 1.807) is 25.3 Å². The summed E-state index contributed by atoms with van der Waals surface area (Å²) in [6, 6.07) is 10.2. The molecule has 0 saturated heterocycles. The minimum atomic E-state index is -0.403. The first-order valence-electron chi connectivity index (χ1n) is 9.95. The van der Waals surface area contributed by atoms with Crippen LogP contribution in [0.3, 0.4) is 0 Å². The maximum absolute atomic E-state index is 13.7. The third-order valence-electron chi connectivity index (χ3n) is 4.47. The van der Waals surface area contributed by atoms with Crippen molar-refractivity contribution in [3.63, 3.8) is 0 Å². The number of aromatic nitrogens is 1. The summed E-state index contributed by atoms with van der Waals surface area (Å²) in [5.74, 6) is 0.561. The third kappa shape index (κ3) is 5.79. The van der Waals surface area contributed by atoms with Gasteiger partial charge in [0.25, 0.3) is 0 Å². The molecule has 3 rings (SSSR count). The van der Waals surface area contributed by atoms with Crippen LogP contribution in [-0.4, -0.2) is 24.6 Å². The number of hydrogen-bond donors (Lipinski definition) is 1. The molecular weight excluding hydrogens is 403 g/mol. The lowest BCUT2D eigenvalue weighted by Crippen LogP contribution is -2.07. The molecule has 0 aliphatic carbocycles. The van der Waals surface area contributed by atoms with Crippen LogP contribution >= 0.6 is 11.3 Å². The average molecular weight is 429 g/mol. The molecule has 2 aromatic carbocycles. The van der Waals surface area contributed by atoms with E-state index in [1.807, 2.05) is 18.2 Å². The molecular formula is C23H25FN2O3S. The Morgan fingerprint density at radius 2 is 2.07 bits per heavy atom. The summed E-state index contributed by atoms with van der Waals surface area (Å²) in [6.07, 6.45) is 7.63. The Labute approximate surface area is 179 Å². The Balaban J connectivity index is 1.60. The predicted molar refractivity (Wildman–Crippen MR) is 120 cm³/mol. The summed E-state index contributed by atoms with van der Waals surface area (Å²) >= 11 is 1.23. The summed E-state index contributed by atoms with van der Waals surface area (Å²) in [7, 11) is 1.59. The Hall–Kier alpha value is -2.93. The van der Waals surface area contributed by atoms with Crippen LogP contribution in [0.15, 0.2) is 42.5 Å². The number of nitrogens with zero attached hydrogens (tertiary/aromatic N) is 1. The van der Waals surface area contributed by atoms with E-state index in [-0.39, 0.29) is 11.4 Å². The Morgan fingerprint density at radius 3 is 2.83 bits per heavy atom. The van der Waals surface area contributed by atoms with E-state index in [4.69, 9.17) is 9.47 Å². The van der Waals surface area contributed by atoms with E-state index in [0.717, 1.165) is 18.4 Å². The van der Waals surface area contributed by atoms with Gasteiger partial charge in [-0.15, -0.1) is 0 Å². The number of carbonyl (C=O) groups excluding carboxylic acids is 1. The number of hydrogen-bond acceptors (Lipinski definition) is 5. The lowest BCUT2D eigenvalue weighted by molar-refractivity contribution is -0.111. The number of ether oxygens (including phenoxy) is 2. The van der Waals surface area contributed by atoms with Crippen molar-refractivity contribution in [3.05, 3.63) is 53.9 Å². The van der Waals surface area contributed by atoms with Gasteiger partial charge in [0.1, 0.15) is 11.3 Å². The van der Waals surface area contributed by atoms with Crippen LogP contribution in [0.25, 0.3) is 16.3 Å². The molecule has 1 heterocycles. The fraction of sp³-hybridized carbons (Fsp3) is 0.304. The number of benzene rings is 2. The first-order valence-corrected chi connectivity index (χ1v) is 10.8. The fourth-order valence-electron chi connectivity index (χ4n) is 2.91. The Kier molecular flexibility index (Phi) is 7.79. The quantitative estimate of drug-likeness (QED) is 0.315. The van der Waals surface area contributed by atoms with Crippen LogP contribution in [0.2, 0.25) is 0 Å². The molecule has 30 heavy (non-hydrogen) atoms. The van der Waals surface area contributed by atoms with Crippen LogP contribution in [0.4, 0.5) is 9.52 Å². The monoisotopic (exact) mass is 428 g/mol. The highest BCUT2D eigenvalue weighted by molar-refractivity contribution is 7.22. The molecule has 0 bridgehead atoms. The molecule has 5 nitrogen and oxygen atoms in total. The number of halogens is 1. The zero-order chi connectivity index (χ0) is 21.3. The van der Waals surface area contributed by atoms with Gasteiger partial charge in [0.15, 0.2) is 16.6 Å². The molecule has 0 unspecified atom stereocenters. The molecule has 3 aromatic rings. The van der Waals surface area contributed by atoms with Gasteiger partial charge in [-0.05, 0) is 42.3 Å². The molecule has 0 atom stereocenters. The second-order valence-electron chi connectivity index (χ2n) is 6.75. The number of carbonyl (C=O) groups is 1. The van der Waals surface area contributed by atoms with Crippen molar-refractivity contribution in [2.75, 3.05) is 19.0 Å². The predicted octanol–water partition coefficient (Wildman–Crippen LogP) is 6.06. The van der Waals surface area contributed by atoms with E-state index >= 15 is 0 Å². The van der Waals surface area contributed by atoms with Gasteiger partial charge in [0.2, 0.25) is 5.91 Å². The topological polar surface area (TPSA) is 60.5 Å². The molecule has 7 heteroatoms. The van der Waals surface area contributed by atoms with Crippen LogP contribution < -0.4 is 14.8 Å². The number of amides is 1. The summed E-state index contributed by atoms with van der Waals surface area (Å²) in [5, 5.41) is 3.03. The summed E-state index contributed by atoms with van der Waals surface area (Å²) in [4.78, 5) is 16.4. The number of fused-ring (bicyclic) bond motifs is 1. The van der Waals surface area contributed by atoms with E-state index in [2.05, 4.69) is 17.2 Å². The first kappa shape index (κ1) is 21.8. The number of anilines is 1. The molecule has 0 fully saturated rings. The van der Waals surface area contributed by atoms with Crippen LogP contribution in [0, 0.1) is 5.82 Å². The SMILES string of the molecule is CCCCCCOc1ccc(/C=C/C(=O)Nc2nc3c(F)cccc3s2)cc1OC. The van der Waals surface area contributed by atoms with Crippen molar-refractivity contribution in [2.45, 2.75) is 32.6 Å². The molecule has 0 spiro atoms. The zero-order valence-corrected chi connectivity index (χ0v) is 17.9. The first-order chi connectivity index (χ1) is 14.6. The molecule has 0 aliphatic rings. The molecule has 1 amide bonds. The molecule has 158 valence electrons. The number of unbranched alkanes of at least 4 members (excludes halogenated alkanes) is 3. The van der Waals surface area contributed by atoms with Crippen molar-refractivity contribution in [1.82, 2.24) is 4.98 Å². The Bertz CT molecular complexity index is 1030. The highest BCUT2D eigenvalue weighted by atomic mass is 32.1.